The van der Waals surface area contributed by atoms with Gasteiger partial charge in [0.05, 0.1) is 43.0 Å². The fourth-order valence-electron chi connectivity index (χ4n) is 8.55. The van der Waals surface area contributed by atoms with Crippen molar-refractivity contribution in [2.75, 3.05) is 27.2 Å². The molecule has 14 heteroatoms. The number of H-pyrrole nitrogens is 2. The maximum Gasteiger partial charge on any atom is 0.407 e. The van der Waals surface area contributed by atoms with Crippen molar-refractivity contribution < 1.29 is 23.9 Å². The van der Waals surface area contributed by atoms with Gasteiger partial charge in [-0.15, -0.1) is 0 Å². The second-order valence-corrected chi connectivity index (χ2v) is 16.0. The van der Waals surface area contributed by atoms with Gasteiger partial charge in [0.15, 0.2) is 0 Å². The molecule has 4 aromatic carbocycles. The Kier molecular flexibility index (Phi) is 11.9. The monoisotopic (exact) mass is 821 g/mol. The maximum absolute atomic E-state index is 14.0. The number of methoxy groups -OCH3 is 1. The molecule has 0 radical (unpaired) electrons. The number of hydrogen-bond acceptors (Lipinski definition) is 7. The molecule has 4 heterocycles. The van der Waals surface area contributed by atoms with E-state index in [-0.39, 0.29) is 29.8 Å². The summed E-state index contributed by atoms with van der Waals surface area (Å²) in [7, 11) is 2.82. The number of nitrogens with zero attached hydrogens (tertiary/aromatic N) is 4. The van der Waals surface area contributed by atoms with Crippen LogP contribution in [-0.2, 0) is 14.3 Å². The molecule has 14 nitrogen and oxygen atoms in total. The summed E-state index contributed by atoms with van der Waals surface area (Å²) in [5.41, 5.74) is 6.59. The molecule has 2 aliphatic heterocycles. The quantitative estimate of drug-likeness (QED) is 0.0891. The Morgan fingerprint density at radius 1 is 0.689 bits per heavy atom. The van der Waals surface area contributed by atoms with E-state index in [1.807, 2.05) is 66.4 Å². The highest BCUT2D eigenvalue weighted by Crippen LogP contribution is 2.36. The molecule has 2 aromatic heterocycles. The third-order valence-electron chi connectivity index (χ3n) is 11.8. The topological polar surface area (TPSA) is 177 Å². The molecular weight excluding hydrogens is 771 g/mol. The van der Waals surface area contributed by atoms with Crippen molar-refractivity contribution in [2.45, 2.75) is 63.7 Å². The van der Waals surface area contributed by atoms with Crippen molar-refractivity contribution in [3.63, 3.8) is 0 Å². The average molecular weight is 822 g/mol. The highest BCUT2D eigenvalue weighted by molar-refractivity contribution is 5.91. The van der Waals surface area contributed by atoms with E-state index in [0.717, 1.165) is 87.3 Å². The van der Waals surface area contributed by atoms with E-state index in [0.29, 0.717) is 13.1 Å². The normalized spacial score (nSPS) is 17.3. The van der Waals surface area contributed by atoms with Gasteiger partial charge in [0.25, 0.3) is 0 Å². The SMILES string of the molecule is CNC(=O)NC(C(=O)N1CCCC1c1ncc(-c2ccc3cc(-c4ccc(-c5cnc(C6CCCN6C(=O)C(NC(=O)OC)C(C)C)[nH]5)cc4)ccc3c2)[nH]1)c1ccccc1. The molecule has 2 saturated heterocycles. The van der Waals surface area contributed by atoms with Crippen LogP contribution in [0.4, 0.5) is 9.59 Å². The number of amides is 5. The molecule has 0 saturated carbocycles. The first kappa shape index (κ1) is 40.8. The van der Waals surface area contributed by atoms with Crippen LogP contribution in [-0.4, -0.2) is 87.0 Å². The van der Waals surface area contributed by atoms with Crippen molar-refractivity contribution in [3.8, 4) is 33.6 Å². The number of likely N-dealkylation sites (tertiary alicyclic amines) is 2. The van der Waals surface area contributed by atoms with E-state index in [2.05, 4.69) is 86.6 Å². The van der Waals surface area contributed by atoms with Crippen LogP contribution in [0, 0.1) is 5.92 Å². The van der Waals surface area contributed by atoms with Gasteiger partial charge in [-0.05, 0) is 76.8 Å². The first-order valence-electron chi connectivity index (χ1n) is 20.8. The van der Waals surface area contributed by atoms with Gasteiger partial charge in [-0.1, -0.05) is 92.7 Å². The zero-order valence-electron chi connectivity index (χ0n) is 34.8. The largest absolute Gasteiger partial charge is 0.453 e. The maximum atomic E-state index is 14.0. The number of aromatic nitrogens is 4. The van der Waals surface area contributed by atoms with Crippen LogP contribution in [0.15, 0.2) is 103 Å². The molecule has 4 atom stereocenters. The van der Waals surface area contributed by atoms with Crippen molar-refractivity contribution in [1.82, 2.24) is 45.7 Å². The molecule has 5 N–H and O–H groups in total. The molecule has 2 fully saturated rings. The van der Waals surface area contributed by atoms with Crippen LogP contribution < -0.4 is 16.0 Å². The van der Waals surface area contributed by atoms with Gasteiger partial charge in [0.1, 0.15) is 23.7 Å². The number of nitrogens with one attached hydrogen (secondary N) is 5. The number of carbonyl (C=O) groups is 4. The van der Waals surface area contributed by atoms with E-state index < -0.39 is 24.2 Å². The van der Waals surface area contributed by atoms with Gasteiger partial charge in [-0.3, -0.25) is 9.59 Å². The third kappa shape index (κ3) is 8.56. The average Bonchev–Trinajstić information content (AvgIpc) is 4.14. The number of urea groups is 1. The lowest BCUT2D eigenvalue weighted by molar-refractivity contribution is -0.135. The summed E-state index contributed by atoms with van der Waals surface area (Å²) in [5, 5.41) is 10.3. The minimum Gasteiger partial charge on any atom is -0.453 e. The summed E-state index contributed by atoms with van der Waals surface area (Å²) in [6, 6.07) is 28.0. The number of aromatic amines is 2. The Hall–Kier alpha value is -6.96. The first-order chi connectivity index (χ1) is 29.6. The smallest absolute Gasteiger partial charge is 0.407 e. The Balaban J connectivity index is 0.943. The molecular formula is C47H51N9O5. The second kappa shape index (κ2) is 17.7. The molecule has 2 aliphatic rings. The molecule has 0 aliphatic carbocycles. The molecule has 6 aromatic rings. The highest BCUT2D eigenvalue weighted by Gasteiger charge is 2.38. The van der Waals surface area contributed by atoms with Gasteiger partial charge in [0.2, 0.25) is 11.8 Å². The van der Waals surface area contributed by atoms with Crippen molar-refractivity contribution in [2.24, 2.45) is 5.92 Å². The number of alkyl carbamates (subject to hydrolysis) is 1. The van der Waals surface area contributed by atoms with Gasteiger partial charge in [-0.2, -0.15) is 0 Å². The van der Waals surface area contributed by atoms with E-state index in [1.165, 1.54) is 14.2 Å². The number of fused-ring (bicyclic) bond motifs is 1. The Morgan fingerprint density at radius 2 is 1.23 bits per heavy atom. The summed E-state index contributed by atoms with van der Waals surface area (Å²) >= 11 is 0. The van der Waals surface area contributed by atoms with Gasteiger partial charge in [-0.25, -0.2) is 19.6 Å². The predicted octanol–water partition coefficient (Wildman–Crippen LogP) is 7.66. The predicted molar refractivity (Wildman–Crippen MR) is 233 cm³/mol. The van der Waals surface area contributed by atoms with Gasteiger partial charge in [0, 0.05) is 25.7 Å². The van der Waals surface area contributed by atoms with Gasteiger partial charge >= 0.3 is 12.1 Å². The van der Waals surface area contributed by atoms with Crippen LogP contribution in [0.3, 0.4) is 0 Å². The van der Waals surface area contributed by atoms with Crippen molar-refractivity contribution in [1.29, 1.82) is 0 Å². The van der Waals surface area contributed by atoms with Crippen LogP contribution in [0.25, 0.3) is 44.4 Å². The zero-order valence-corrected chi connectivity index (χ0v) is 34.8. The number of hydrogen-bond donors (Lipinski definition) is 5. The lowest BCUT2D eigenvalue weighted by atomic mass is 9.98. The number of rotatable bonds is 11. The first-order valence-corrected chi connectivity index (χ1v) is 20.8. The molecule has 314 valence electrons. The van der Waals surface area contributed by atoms with Gasteiger partial charge < -0.3 is 40.5 Å². The Bertz CT molecular complexity index is 2530. The summed E-state index contributed by atoms with van der Waals surface area (Å²) in [6.45, 7) is 4.98. The fourth-order valence-corrected chi connectivity index (χ4v) is 8.55. The Morgan fingerprint density at radius 3 is 1.82 bits per heavy atom. The number of carbonyl (C=O) groups excluding carboxylic acids is 4. The summed E-state index contributed by atoms with van der Waals surface area (Å²) in [4.78, 5) is 71.9. The van der Waals surface area contributed by atoms with E-state index in [4.69, 9.17) is 14.7 Å². The van der Waals surface area contributed by atoms with Crippen molar-refractivity contribution in [3.05, 3.63) is 121 Å². The van der Waals surface area contributed by atoms with Crippen LogP contribution in [0.5, 0.6) is 0 Å². The second-order valence-electron chi connectivity index (χ2n) is 16.0. The zero-order chi connectivity index (χ0) is 42.6. The number of benzene rings is 4. The molecule has 0 spiro atoms. The van der Waals surface area contributed by atoms with E-state index in [1.54, 1.807) is 0 Å². The standard InChI is InChI=1S/C47H51N9O5/c1-28(2)40(54-47(60)61-4)44(57)55-22-8-12-38(55)42-49-26-36(51-42)30-16-14-29(15-17-30)32-18-19-34-25-35(21-20-33(34)24-32)37-27-50-43(52-37)39-13-9-23-56(39)45(58)41(53-46(59)48-3)31-10-6-5-7-11-31/h5-7,10-11,14-21,24-28,38-41H,8-9,12-13,22-23H2,1-4H3,(H,49,51)(H,50,52)(H,54,60)(H2,48,53,59). The van der Waals surface area contributed by atoms with Crippen LogP contribution in [0.1, 0.15) is 74.9 Å². The highest BCUT2D eigenvalue weighted by atomic mass is 16.5. The lowest BCUT2D eigenvalue weighted by Crippen LogP contribution is -2.51. The number of ether oxygens (including phenoxy) is 1. The molecule has 4 unspecified atom stereocenters. The molecule has 0 bridgehead atoms. The fraction of sp³-hybridized carbons (Fsp3) is 0.319. The van der Waals surface area contributed by atoms with Crippen LogP contribution in [0.2, 0.25) is 0 Å². The molecule has 5 amide bonds. The van der Waals surface area contributed by atoms with Crippen molar-refractivity contribution >= 4 is 34.7 Å². The van der Waals surface area contributed by atoms with E-state index >= 15 is 0 Å². The third-order valence-corrected chi connectivity index (χ3v) is 11.8. The molecule has 61 heavy (non-hydrogen) atoms. The minimum atomic E-state index is -0.819. The summed E-state index contributed by atoms with van der Waals surface area (Å²) in [5.74, 6) is 1.03. The van der Waals surface area contributed by atoms with Crippen LogP contribution >= 0.6 is 0 Å². The van der Waals surface area contributed by atoms with E-state index in [9.17, 15) is 19.2 Å². The lowest BCUT2D eigenvalue weighted by Gasteiger charge is -2.30. The number of imidazole rings is 2. The summed E-state index contributed by atoms with van der Waals surface area (Å²) < 4.78 is 4.77. The summed E-state index contributed by atoms with van der Waals surface area (Å²) in [6.07, 6.45) is 6.24. The Labute approximate surface area is 354 Å². The molecule has 8 rings (SSSR count). The minimum absolute atomic E-state index is 0.106.